The minimum absolute atomic E-state index is 0.269. The highest BCUT2D eigenvalue weighted by Gasteiger charge is 2.12. The molecule has 0 aliphatic rings. The van der Waals surface area contributed by atoms with Crippen molar-refractivity contribution in [1.29, 1.82) is 0 Å². The van der Waals surface area contributed by atoms with E-state index in [1.165, 1.54) is 0 Å². The smallest absolute Gasteiger partial charge is 0.273 e. The number of nitrogens with one attached hydrogen (secondary N) is 1. The van der Waals surface area contributed by atoms with Crippen molar-refractivity contribution in [1.82, 2.24) is 20.3 Å². The van der Waals surface area contributed by atoms with Gasteiger partial charge in [-0.15, -0.1) is 5.10 Å². The minimum atomic E-state index is -0.278. The Kier molecular flexibility index (Phi) is 4.56. The Hall–Kier alpha value is -3.15. The molecule has 1 heterocycles. The highest BCUT2D eigenvalue weighted by molar-refractivity contribution is 5.91. The number of aryl methyl sites for hydroxylation is 1. The van der Waals surface area contributed by atoms with Crippen molar-refractivity contribution in [3.05, 3.63) is 71.5 Å². The molecule has 3 rings (SSSR count). The summed E-state index contributed by atoms with van der Waals surface area (Å²) in [6, 6.07) is 15.4. The molecule has 1 amide bonds. The van der Waals surface area contributed by atoms with Crippen molar-refractivity contribution in [2.75, 3.05) is 7.11 Å². The second kappa shape index (κ2) is 6.95. The molecule has 122 valence electrons. The van der Waals surface area contributed by atoms with Gasteiger partial charge in [0.1, 0.15) is 5.75 Å². The first-order valence-electron chi connectivity index (χ1n) is 7.57. The average molecular weight is 322 g/mol. The predicted octanol–water partition coefficient (Wildman–Crippen LogP) is 2.51. The zero-order valence-electron chi connectivity index (χ0n) is 13.6. The monoisotopic (exact) mass is 322 g/mol. The normalized spacial score (nSPS) is 10.4. The molecule has 0 spiro atoms. The fraction of sp³-hybridized carbons (Fsp3) is 0.167. The van der Waals surface area contributed by atoms with Gasteiger partial charge in [0, 0.05) is 12.1 Å². The number of benzene rings is 2. The van der Waals surface area contributed by atoms with E-state index in [1.807, 2.05) is 55.5 Å². The number of aromatic nitrogens is 3. The SMILES string of the molecule is COc1ccccc1CNC(=O)c1cn(-c2ccc(C)cc2)nn1. The summed E-state index contributed by atoms with van der Waals surface area (Å²) in [5, 5.41) is 10.8. The fourth-order valence-electron chi connectivity index (χ4n) is 2.31. The van der Waals surface area contributed by atoms with E-state index < -0.39 is 0 Å². The van der Waals surface area contributed by atoms with Crippen LogP contribution in [0.1, 0.15) is 21.6 Å². The number of hydrogen-bond donors (Lipinski definition) is 1. The van der Waals surface area contributed by atoms with Gasteiger partial charge in [0.25, 0.3) is 5.91 Å². The molecular formula is C18H18N4O2. The fourth-order valence-corrected chi connectivity index (χ4v) is 2.31. The molecule has 0 aliphatic heterocycles. The van der Waals surface area contributed by atoms with Crippen molar-refractivity contribution >= 4 is 5.91 Å². The molecule has 24 heavy (non-hydrogen) atoms. The third kappa shape index (κ3) is 3.43. The first-order chi connectivity index (χ1) is 11.7. The van der Waals surface area contributed by atoms with E-state index in [2.05, 4.69) is 15.6 Å². The number of carbonyl (C=O) groups is 1. The predicted molar refractivity (Wildman–Crippen MR) is 90.3 cm³/mol. The second-order valence-corrected chi connectivity index (χ2v) is 5.38. The molecule has 3 aromatic rings. The Morgan fingerprint density at radius 2 is 1.92 bits per heavy atom. The van der Waals surface area contributed by atoms with Gasteiger partial charge in [-0.25, -0.2) is 4.68 Å². The van der Waals surface area contributed by atoms with E-state index in [9.17, 15) is 4.79 Å². The highest BCUT2D eigenvalue weighted by atomic mass is 16.5. The molecule has 1 aromatic heterocycles. The molecule has 0 atom stereocenters. The molecule has 1 N–H and O–H groups in total. The van der Waals surface area contributed by atoms with Gasteiger partial charge in [0.05, 0.1) is 19.0 Å². The highest BCUT2D eigenvalue weighted by Crippen LogP contribution is 2.16. The van der Waals surface area contributed by atoms with Crippen LogP contribution in [0.25, 0.3) is 5.69 Å². The maximum atomic E-state index is 12.2. The number of para-hydroxylation sites is 1. The van der Waals surface area contributed by atoms with Gasteiger partial charge in [-0.3, -0.25) is 4.79 Å². The summed E-state index contributed by atoms with van der Waals surface area (Å²) >= 11 is 0. The van der Waals surface area contributed by atoms with Crippen molar-refractivity contribution in [3.63, 3.8) is 0 Å². The van der Waals surface area contributed by atoms with Crippen LogP contribution >= 0.6 is 0 Å². The van der Waals surface area contributed by atoms with Gasteiger partial charge in [-0.05, 0) is 25.1 Å². The van der Waals surface area contributed by atoms with Crippen LogP contribution in [-0.2, 0) is 6.54 Å². The average Bonchev–Trinajstić information content (AvgIpc) is 3.10. The molecule has 6 nitrogen and oxygen atoms in total. The van der Waals surface area contributed by atoms with E-state index in [4.69, 9.17) is 4.74 Å². The van der Waals surface area contributed by atoms with Crippen LogP contribution < -0.4 is 10.1 Å². The van der Waals surface area contributed by atoms with E-state index in [0.29, 0.717) is 6.54 Å². The summed E-state index contributed by atoms with van der Waals surface area (Å²) in [6.45, 7) is 2.38. The van der Waals surface area contributed by atoms with Crippen molar-refractivity contribution in [2.45, 2.75) is 13.5 Å². The lowest BCUT2D eigenvalue weighted by Gasteiger charge is -2.08. The summed E-state index contributed by atoms with van der Waals surface area (Å²) in [5.74, 6) is 0.459. The van der Waals surface area contributed by atoms with Crippen molar-refractivity contribution in [2.24, 2.45) is 0 Å². The molecule has 0 saturated heterocycles. The Bertz CT molecular complexity index is 840. The first kappa shape index (κ1) is 15.7. The quantitative estimate of drug-likeness (QED) is 0.783. The molecular weight excluding hydrogens is 304 g/mol. The number of ether oxygens (including phenoxy) is 1. The summed E-state index contributed by atoms with van der Waals surface area (Å²) in [4.78, 5) is 12.2. The van der Waals surface area contributed by atoms with E-state index in [-0.39, 0.29) is 11.6 Å². The summed E-state index contributed by atoms with van der Waals surface area (Å²) < 4.78 is 6.85. The molecule has 6 heteroatoms. The van der Waals surface area contributed by atoms with E-state index in [0.717, 1.165) is 22.6 Å². The third-order valence-electron chi connectivity index (χ3n) is 3.66. The summed E-state index contributed by atoms with van der Waals surface area (Å²) in [7, 11) is 1.60. The largest absolute Gasteiger partial charge is 0.496 e. The lowest BCUT2D eigenvalue weighted by Crippen LogP contribution is -2.23. The van der Waals surface area contributed by atoms with E-state index >= 15 is 0 Å². The molecule has 2 aromatic carbocycles. The van der Waals surface area contributed by atoms with Gasteiger partial charge in [0.2, 0.25) is 0 Å². The minimum Gasteiger partial charge on any atom is -0.496 e. The number of amides is 1. The van der Waals surface area contributed by atoms with Gasteiger partial charge < -0.3 is 10.1 Å². The third-order valence-corrected chi connectivity index (χ3v) is 3.66. The molecule has 0 aliphatic carbocycles. The first-order valence-corrected chi connectivity index (χ1v) is 7.57. The van der Waals surface area contributed by atoms with Crippen LogP contribution in [0.2, 0.25) is 0 Å². The number of hydrogen-bond acceptors (Lipinski definition) is 4. The maximum Gasteiger partial charge on any atom is 0.273 e. The van der Waals surface area contributed by atoms with Crippen LogP contribution in [-0.4, -0.2) is 28.0 Å². The van der Waals surface area contributed by atoms with Crippen molar-refractivity contribution < 1.29 is 9.53 Å². The van der Waals surface area contributed by atoms with Gasteiger partial charge in [-0.1, -0.05) is 41.1 Å². The van der Waals surface area contributed by atoms with Crippen molar-refractivity contribution in [3.8, 4) is 11.4 Å². The van der Waals surface area contributed by atoms with E-state index in [1.54, 1.807) is 18.0 Å². The van der Waals surface area contributed by atoms with Crippen LogP contribution in [0.5, 0.6) is 5.75 Å². The number of methoxy groups -OCH3 is 1. The van der Waals surface area contributed by atoms with Crippen LogP contribution in [0.4, 0.5) is 0 Å². The topological polar surface area (TPSA) is 69.0 Å². The Balaban J connectivity index is 1.69. The summed E-state index contributed by atoms with van der Waals surface area (Å²) in [5.41, 5.74) is 3.19. The molecule has 0 unspecified atom stereocenters. The Morgan fingerprint density at radius 1 is 1.17 bits per heavy atom. The van der Waals surface area contributed by atoms with Gasteiger partial charge in [0.15, 0.2) is 5.69 Å². The van der Waals surface area contributed by atoms with Gasteiger partial charge >= 0.3 is 0 Å². The maximum absolute atomic E-state index is 12.2. The molecule has 0 fully saturated rings. The number of carbonyl (C=O) groups excluding carboxylic acids is 1. The van der Waals surface area contributed by atoms with Crippen LogP contribution in [0, 0.1) is 6.92 Å². The molecule has 0 saturated carbocycles. The Labute approximate surface area is 140 Å². The van der Waals surface area contributed by atoms with Gasteiger partial charge in [-0.2, -0.15) is 0 Å². The lowest BCUT2D eigenvalue weighted by molar-refractivity contribution is 0.0945. The standard InChI is InChI=1S/C18H18N4O2/c1-13-7-9-15(10-8-13)22-12-16(20-21-22)18(23)19-11-14-5-3-4-6-17(14)24-2/h3-10,12H,11H2,1-2H3,(H,19,23). The zero-order chi connectivity index (χ0) is 16.9. The van der Waals surface area contributed by atoms with Crippen LogP contribution in [0.15, 0.2) is 54.7 Å². The number of rotatable bonds is 5. The zero-order valence-corrected chi connectivity index (χ0v) is 13.6. The van der Waals surface area contributed by atoms with Crippen LogP contribution in [0.3, 0.4) is 0 Å². The molecule has 0 bridgehead atoms. The summed E-state index contributed by atoms with van der Waals surface area (Å²) in [6.07, 6.45) is 1.61. The second-order valence-electron chi connectivity index (χ2n) is 5.38. The Morgan fingerprint density at radius 3 is 2.67 bits per heavy atom. The number of nitrogens with zero attached hydrogens (tertiary/aromatic N) is 3. The lowest BCUT2D eigenvalue weighted by atomic mass is 10.2. The molecule has 0 radical (unpaired) electrons.